The van der Waals surface area contributed by atoms with Crippen LogP contribution in [0.3, 0.4) is 0 Å². The van der Waals surface area contributed by atoms with Gasteiger partial charge in [0.2, 0.25) is 0 Å². The molecule has 0 saturated carbocycles. The smallest absolute Gasteiger partial charge is 0.189 e. The molecule has 1 aromatic heterocycles. The molecule has 2 rings (SSSR count). The SMILES string of the molecule is COc1ccc(CN=C(N)NCC2CCCO2)nc1. The minimum Gasteiger partial charge on any atom is -0.495 e. The lowest BCUT2D eigenvalue weighted by molar-refractivity contribution is 0.114. The summed E-state index contributed by atoms with van der Waals surface area (Å²) in [7, 11) is 1.61. The average Bonchev–Trinajstić information content (AvgIpc) is 2.96. The van der Waals surface area contributed by atoms with Crippen LogP contribution in [-0.2, 0) is 11.3 Å². The lowest BCUT2D eigenvalue weighted by Gasteiger charge is -2.10. The van der Waals surface area contributed by atoms with Gasteiger partial charge in [-0.15, -0.1) is 0 Å². The zero-order valence-corrected chi connectivity index (χ0v) is 11.1. The minimum absolute atomic E-state index is 0.257. The first-order valence-corrected chi connectivity index (χ1v) is 6.42. The van der Waals surface area contributed by atoms with Crippen molar-refractivity contribution >= 4 is 5.96 Å². The van der Waals surface area contributed by atoms with Gasteiger partial charge in [0.1, 0.15) is 5.75 Å². The van der Waals surface area contributed by atoms with Crippen molar-refractivity contribution in [2.75, 3.05) is 20.3 Å². The van der Waals surface area contributed by atoms with Crippen LogP contribution in [-0.4, -0.2) is 37.3 Å². The summed E-state index contributed by atoms with van der Waals surface area (Å²) in [4.78, 5) is 8.45. The highest BCUT2D eigenvalue weighted by atomic mass is 16.5. The Morgan fingerprint density at radius 3 is 3.16 bits per heavy atom. The van der Waals surface area contributed by atoms with E-state index in [1.165, 1.54) is 0 Å². The number of ether oxygens (including phenoxy) is 2. The third-order valence-corrected chi connectivity index (χ3v) is 2.98. The molecule has 1 aliphatic rings. The molecule has 0 aromatic carbocycles. The second kappa shape index (κ2) is 6.94. The minimum atomic E-state index is 0.257. The predicted molar refractivity (Wildman–Crippen MR) is 73.1 cm³/mol. The van der Waals surface area contributed by atoms with Crippen molar-refractivity contribution in [2.45, 2.75) is 25.5 Å². The van der Waals surface area contributed by atoms with E-state index in [0.29, 0.717) is 19.0 Å². The first-order chi connectivity index (χ1) is 9.28. The van der Waals surface area contributed by atoms with Gasteiger partial charge in [-0.1, -0.05) is 0 Å². The summed E-state index contributed by atoms with van der Waals surface area (Å²) >= 11 is 0. The normalized spacial score (nSPS) is 19.4. The first-order valence-electron chi connectivity index (χ1n) is 6.42. The number of hydrogen-bond acceptors (Lipinski definition) is 4. The van der Waals surface area contributed by atoms with Gasteiger partial charge in [0.25, 0.3) is 0 Å². The van der Waals surface area contributed by atoms with E-state index in [2.05, 4.69) is 15.3 Å². The monoisotopic (exact) mass is 264 g/mol. The molecule has 1 unspecified atom stereocenters. The van der Waals surface area contributed by atoms with E-state index in [1.807, 2.05) is 12.1 Å². The maximum Gasteiger partial charge on any atom is 0.189 e. The van der Waals surface area contributed by atoms with Crippen molar-refractivity contribution < 1.29 is 9.47 Å². The van der Waals surface area contributed by atoms with Gasteiger partial charge in [-0.25, -0.2) is 4.99 Å². The number of nitrogens with one attached hydrogen (secondary N) is 1. The Bertz CT molecular complexity index is 413. The van der Waals surface area contributed by atoms with E-state index in [9.17, 15) is 0 Å². The Hall–Kier alpha value is -1.82. The van der Waals surface area contributed by atoms with Gasteiger partial charge >= 0.3 is 0 Å². The molecule has 0 radical (unpaired) electrons. The van der Waals surface area contributed by atoms with Gasteiger partial charge in [0.15, 0.2) is 5.96 Å². The Morgan fingerprint density at radius 2 is 2.53 bits per heavy atom. The largest absolute Gasteiger partial charge is 0.495 e. The molecule has 19 heavy (non-hydrogen) atoms. The third-order valence-electron chi connectivity index (χ3n) is 2.98. The van der Waals surface area contributed by atoms with Crippen molar-refractivity contribution in [3.8, 4) is 5.75 Å². The zero-order valence-electron chi connectivity index (χ0n) is 11.1. The fourth-order valence-electron chi connectivity index (χ4n) is 1.87. The fourth-order valence-corrected chi connectivity index (χ4v) is 1.87. The molecule has 3 N–H and O–H groups in total. The summed E-state index contributed by atoms with van der Waals surface area (Å²) in [5, 5.41) is 3.07. The number of rotatable bonds is 5. The molecule has 6 heteroatoms. The Kier molecular flexibility index (Phi) is 4.97. The van der Waals surface area contributed by atoms with Crippen LogP contribution in [0.5, 0.6) is 5.75 Å². The van der Waals surface area contributed by atoms with Crippen LogP contribution in [0, 0.1) is 0 Å². The summed E-state index contributed by atoms with van der Waals surface area (Å²) in [6.07, 6.45) is 4.13. The van der Waals surface area contributed by atoms with E-state index in [-0.39, 0.29) is 6.10 Å². The van der Waals surface area contributed by atoms with Crippen molar-refractivity contribution in [1.82, 2.24) is 10.3 Å². The van der Waals surface area contributed by atoms with Crippen LogP contribution in [0.1, 0.15) is 18.5 Å². The molecule has 0 amide bonds. The molecule has 1 saturated heterocycles. The van der Waals surface area contributed by atoms with Crippen LogP contribution >= 0.6 is 0 Å². The summed E-state index contributed by atoms with van der Waals surface area (Å²) in [5.74, 6) is 1.16. The van der Waals surface area contributed by atoms with Gasteiger partial charge in [-0.05, 0) is 25.0 Å². The molecular formula is C13H20N4O2. The zero-order chi connectivity index (χ0) is 13.5. The van der Waals surface area contributed by atoms with E-state index in [1.54, 1.807) is 13.3 Å². The number of aromatic nitrogens is 1. The highest BCUT2D eigenvalue weighted by Crippen LogP contribution is 2.10. The van der Waals surface area contributed by atoms with E-state index < -0.39 is 0 Å². The van der Waals surface area contributed by atoms with Gasteiger partial charge in [-0.2, -0.15) is 0 Å². The number of aliphatic imine (C=N–C) groups is 1. The highest BCUT2D eigenvalue weighted by molar-refractivity contribution is 5.77. The van der Waals surface area contributed by atoms with Crippen LogP contribution in [0.15, 0.2) is 23.3 Å². The molecule has 0 bridgehead atoms. The molecule has 2 heterocycles. The van der Waals surface area contributed by atoms with Crippen molar-refractivity contribution in [3.63, 3.8) is 0 Å². The molecule has 6 nitrogen and oxygen atoms in total. The molecule has 1 aromatic rings. The lowest BCUT2D eigenvalue weighted by atomic mass is 10.2. The van der Waals surface area contributed by atoms with Crippen molar-refractivity contribution in [2.24, 2.45) is 10.7 Å². The second-order valence-electron chi connectivity index (χ2n) is 4.41. The average molecular weight is 264 g/mol. The highest BCUT2D eigenvalue weighted by Gasteiger charge is 2.14. The number of nitrogens with two attached hydrogens (primary N) is 1. The Labute approximate surface area is 113 Å². The number of pyridine rings is 1. The molecule has 0 spiro atoms. The van der Waals surface area contributed by atoms with E-state index in [4.69, 9.17) is 15.2 Å². The van der Waals surface area contributed by atoms with Gasteiger partial charge < -0.3 is 20.5 Å². The summed E-state index contributed by atoms with van der Waals surface area (Å²) in [5.41, 5.74) is 6.64. The van der Waals surface area contributed by atoms with Gasteiger partial charge in [-0.3, -0.25) is 4.98 Å². The van der Waals surface area contributed by atoms with Gasteiger partial charge in [0.05, 0.1) is 31.6 Å². The molecule has 0 aliphatic carbocycles. The van der Waals surface area contributed by atoms with Crippen LogP contribution < -0.4 is 15.8 Å². The third kappa shape index (κ3) is 4.40. The number of guanidine groups is 1. The number of nitrogens with zero attached hydrogens (tertiary/aromatic N) is 2. The summed E-state index contributed by atoms with van der Waals surface area (Å²) in [6, 6.07) is 3.73. The summed E-state index contributed by atoms with van der Waals surface area (Å²) in [6.45, 7) is 2.01. The lowest BCUT2D eigenvalue weighted by Crippen LogP contribution is -2.37. The maximum atomic E-state index is 5.79. The van der Waals surface area contributed by atoms with Crippen LogP contribution in [0.2, 0.25) is 0 Å². The molecule has 1 atom stereocenters. The maximum absolute atomic E-state index is 5.79. The van der Waals surface area contributed by atoms with Crippen LogP contribution in [0.25, 0.3) is 0 Å². The fraction of sp³-hybridized carbons (Fsp3) is 0.538. The van der Waals surface area contributed by atoms with Crippen LogP contribution in [0.4, 0.5) is 0 Å². The Morgan fingerprint density at radius 1 is 1.63 bits per heavy atom. The van der Waals surface area contributed by atoms with Crippen molar-refractivity contribution in [1.29, 1.82) is 0 Å². The van der Waals surface area contributed by atoms with Crippen molar-refractivity contribution in [3.05, 3.63) is 24.0 Å². The Balaban J connectivity index is 1.76. The molecule has 104 valence electrons. The number of hydrogen-bond donors (Lipinski definition) is 2. The first kappa shape index (κ1) is 13.6. The predicted octanol–water partition coefficient (Wildman–Crippen LogP) is 0.673. The van der Waals surface area contributed by atoms with E-state index >= 15 is 0 Å². The van der Waals surface area contributed by atoms with Gasteiger partial charge in [0, 0.05) is 13.2 Å². The topological polar surface area (TPSA) is 81.8 Å². The quantitative estimate of drug-likeness (QED) is 0.603. The summed E-state index contributed by atoms with van der Waals surface area (Å²) < 4.78 is 10.5. The molecule has 1 fully saturated rings. The number of methoxy groups -OCH3 is 1. The molecular weight excluding hydrogens is 244 g/mol. The molecule has 1 aliphatic heterocycles. The standard InChI is InChI=1S/C13H20N4O2/c1-18-11-5-4-10(15-8-11)7-16-13(14)17-9-12-3-2-6-19-12/h4-5,8,12H,2-3,6-7,9H2,1H3,(H3,14,16,17). The van der Waals surface area contributed by atoms with E-state index in [0.717, 1.165) is 30.9 Å². The second-order valence-corrected chi connectivity index (χ2v) is 4.41.